The Morgan fingerprint density at radius 2 is 2.18 bits per heavy atom. The van der Waals surface area contributed by atoms with Gasteiger partial charge in [-0.2, -0.15) is 11.8 Å². The molecule has 0 aromatic heterocycles. The van der Waals surface area contributed by atoms with E-state index in [1.54, 1.807) is 0 Å². The van der Waals surface area contributed by atoms with Crippen molar-refractivity contribution >= 4 is 17.6 Å². The van der Waals surface area contributed by atoms with Crippen molar-refractivity contribution in [3.8, 4) is 0 Å². The lowest BCUT2D eigenvalue weighted by atomic mass is 9.86. The number of nitrogens with two attached hydrogens (primary N) is 1. The molecule has 0 amide bonds. The summed E-state index contributed by atoms with van der Waals surface area (Å²) in [7, 11) is 0. The predicted molar refractivity (Wildman–Crippen MR) is 74.8 cm³/mol. The first kappa shape index (κ1) is 14.6. The highest BCUT2D eigenvalue weighted by Gasteiger charge is 2.41. The molecular weight excluding hydrogens is 234 g/mol. The van der Waals surface area contributed by atoms with Gasteiger partial charge in [0, 0.05) is 16.7 Å². The van der Waals surface area contributed by atoms with Crippen molar-refractivity contribution in [2.75, 3.05) is 19.3 Å². The zero-order valence-corrected chi connectivity index (χ0v) is 11.9. The van der Waals surface area contributed by atoms with Gasteiger partial charge in [-0.1, -0.05) is 19.0 Å². The van der Waals surface area contributed by atoms with Gasteiger partial charge in [0.25, 0.3) is 0 Å². The Morgan fingerprint density at radius 1 is 1.53 bits per heavy atom. The summed E-state index contributed by atoms with van der Waals surface area (Å²) in [5.41, 5.74) is 5.43. The molecule has 0 saturated heterocycles. The zero-order chi connectivity index (χ0) is 12.9. The molecule has 17 heavy (non-hydrogen) atoms. The summed E-state index contributed by atoms with van der Waals surface area (Å²) >= 11 is 1.98. The van der Waals surface area contributed by atoms with Crippen molar-refractivity contribution < 1.29 is 5.21 Å². The fourth-order valence-corrected chi connectivity index (χ4v) is 2.58. The van der Waals surface area contributed by atoms with Crippen molar-refractivity contribution in [2.24, 2.45) is 16.3 Å². The molecule has 100 valence electrons. The Hall–Kier alpha value is -0.420. The molecule has 0 unspecified atom stereocenters. The van der Waals surface area contributed by atoms with Crippen LogP contribution in [-0.4, -0.2) is 35.1 Å². The van der Waals surface area contributed by atoms with E-state index >= 15 is 0 Å². The molecule has 0 atom stereocenters. The minimum Gasteiger partial charge on any atom is -0.409 e. The summed E-state index contributed by atoms with van der Waals surface area (Å²) in [5.74, 6) is 0.320. The van der Waals surface area contributed by atoms with E-state index < -0.39 is 0 Å². The standard InChI is InChI=1S/C12H25N3OS/c1-11(2,10(13)15-16)5-4-8-14-9-12(17-3)6-7-12/h14,16H,4-9H2,1-3H3,(H2,13,15). The first-order valence-electron chi connectivity index (χ1n) is 6.20. The number of hydrogen-bond donors (Lipinski definition) is 3. The predicted octanol–water partition coefficient (Wildman–Crippen LogP) is 2.02. The minimum atomic E-state index is -0.215. The minimum absolute atomic E-state index is 0.215. The highest BCUT2D eigenvalue weighted by atomic mass is 32.2. The maximum atomic E-state index is 8.66. The molecule has 1 aliphatic rings. The molecule has 0 radical (unpaired) electrons. The monoisotopic (exact) mass is 259 g/mol. The van der Waals surface area contributed by atoms with E-state index in [1.807, 2.05) is 25.6 Å². The first-order valence-corrected chi connectivity index (χ1v) is 7.42. The molecule has 4 nitrogen and oxygen atoms in total. The smallest absolute Gasteiger partial charge is 0.144 e. The normalized spacial score (nSPS) is 19.4. The second-order valence-corrected chi connectivity index (χ2v) is 6.81. The summed E-state index contributed by atoms with van der Waals surface area (Å²) in [4.78, 5) is 0. The van der Waals surface area contributed by atoms with Crippen LogP contribution in [0.1, 0.15) is 39.5 Å². The first-order chi connectivity index (χ1) is 7.96. The molecule has 1 rings (SSSR count). The third-order valence-electron chi connectivity index (χ3n) is 3.64. The maximum absolute atomic E-state index is 8.66. The molecule has 0 aliphatic heterocycles. The summed E-state index contributed by atoms with van der Waals surface area (Å²) in [6.07, 6.45) is 6.86. The molecule has 0 bridgehead atoms. The third kappa shape index (κ3) is 4.39. The highest BCUT2D eigenvalue weighted by Crippen LogP contribution is 2.46. The van der Waals surface area contributed by atoms with E-state index in [-0.39, 0.29) is 5.41 Å². The number of hydrogen-bond acceptors (Lipinski definition) is 4. The largest absolute Gasteiger partial charge is 0.409 e. The number of thioether (sulfide) groups is 1. The lowest BCUT2D eigenvalue weighted by Crippen LogP contribution is -2.33. The molecule has 0 spiro atoms. The number of amidine groups is 1. The van der Waals surface area contributed by atoms with Gasteiger partial charge in [-0.15, -0.1) is 0 Å². The fourth-order valence-electron chi connectivity index (χ4n) is 1.83. The summed E-state index contributed by atoms with van der Waals surface area (Å²) in [6, 6.07) is 0. The van der Waals surface area contributed by atoms with Crippen molar-refractivity contribution in [3.05, 3.63) is 0 Å². The summed E-state index contributed by atoms with van der Waals surface area (Å²) in [5, 5.41) is 15.3. The van der Waals surface area contributed by atoms with Gasteiger partial charge in [-0.05, 0) is 38.5 Å². The number of rotatable bonds is 8. The Labute approximate surface area is 108 Å². The van der Waals surface area contributed by atoms with Crippen LogP contribution < -0.4 is 11.1 Å². The summed E-state index contributed by atoms with van der Waals surface area (Å²) < 4.78 is 0.529. The van der Waals surface area contributed by atoms with Crippen molar-refractivity contribution in [2.45, 2.75) is 44.3 Å². The topological polar surface area (TPSA) is 70.6 Å². The molecule has 1 saturated carbocycles. The van der Waals surface area contributed by atoms with Gasteiger partial charge in [-0.25, -0.2) is 0 Å². The number of oxime groups is 1. The Balaban J connectivity index is 2.12. The number of nitrogens with zero attached hydrogens (tertiary/aromatic N) is 1. The van der Waals surface area contributed by atoms with Crippen LogP contribution in [0.4, 0.5) is 0 Å². The van der Waals surface area contributed by atoms with Crippen molar-refractivity contribution in [3.63, 3.8) is 0 Å². The van der Waals surface area contributed by atoms with Gasteiger partial charge < -0.3 is 16.3 Å². The SMILES string of the molecule is CSC1(CNCCCC(C)(C)C(N)=NO)CC1. The molecule has 0 aromatic rings. The van der Waals surface area contributed by atoms with Crippen LogP contribution in [0.25, 0.3) is 0 Å². The Bertz CT molecular complexity index is 275. The molecule has 0 aromatic carbocycles. The van der Waals surface area contributed by atoms with Gasteiger partial charge in [0.1, 0.15) is 5.84 Å². The van der Waals surface area contributed by atoms with Crippen LogP contribution in [0.2, 0.25) is 0 Å². The average Bonchev–Trinajstić information content (AvgIpc) is 3.08. The van der Waals surface area contributed by atoms with E-state index in [4.69, 9.17) is 10.9 Å². The van der Waals surface area contributed by atoms with E-state index in [9.17, 15) is 0 Å². The van der Waals surface area contributed by atoms with Crippen molar-refractivity contribution in [1.82, 2.24) is 5.32 Å². The second-order valence-electron chi connectivity index (χ2n) is 5.54. The lowest BCUT2D eigenvalue weighted by molar-refractivity contribution is 0.304. The molecule has 1 fully saturated rings. The van der Waals surface area contributed by atoms with E-state index in [0.29, 0.717) is 10.6 Å². The van der Waals surface area contributed by atoms with E-state index in [2.05, 4.69) is 16.7 Å². The molecule has 5 heteroatoms. The van der Waals surface area contributed by atoms with Gasteiger partial charge in [0.15, 0.2) is 0 Å². The van der Waals surface area contributed by atoms with Crippen LogP contribution in [0.15, 0.2) is 5.16 Å². The third-order valence-corrected chi connectivity index (χ3v) is 5.06. The molecule has 0 heterocycles. The zero-order valence-electron chi connectivity index (χ0n) is 11.1. The average molecular weight is 259 g/mol. The van der Waals surface area contributed by atoms with Crippen LogP contribution in [-0.2, 0) is 0 Å². The van der Waals surface area contributed by atoms with Crippen molar-refractivity contribution in [1.29, 1.82) is 0 Å². The number of nitrogens with one attached hydrogen (secondary N) is 1. The fraction of sp³-hybridized carbons (Fsp3) is 0.917. The highest BCUT2D eigenvalue weighted by molar-refractivity contribution is 8.00. The maximum Gasteiger partial charge on any atom is 0.144 e. The molecule has 4 N–H and O–H groups in total. The Kier molecular flexibility index (Phi) is 5.13. The van der Waals surface area contributed by atoms with Crippen LogP contribution >= 0.6 is 11.8 Å². The van der Waals surface area contributed by atoms with Gasteiger partial charge in [-0.3, -0.25) is 0 Å². The lowest BCUT2D eigenvalue weighted by Gasteiger charge is -2.23. The van der Waals surface area contributed by atoms with E-state index in [1.165, 1.54) is 12.8 Å². The van der Waals surface area contributed by atoms with Crippen LogP contribution in [0.3, 0.4) is 0 Å². The Morgan fingerprint density at radius 3 is 2.65 bits per heavy atom. The van der Waals surface area contributed by atoms with Gasteiger partial charge in [0.2, 0.25) is 0 Å². The molecule has 1 aliphatic carbocycles. The summed E-state index contributed by atoms with van der Waals surface area (Å²) in [6.45, 7) is 6.13. The second kappa shape index (κ2) is 5.96. The van der Waals surface area contributed by atoms with Crippen LogP contribution in [0.5, 0.6) is 0 Å². The quantitative estimate of drug-likeness (QED) is 0.205. The van der Waals surface area contributed by atoms with Gasteiger partial charge >= 0.3 is 0 Å². The van der Waals surface area contributed by atoms with E-state index in [0.717, 1.165) is 25.9 Å². The molecular formula is C12H25N3OS. The van der Waals surface area contributed by atoms with Gasteiger partial charge in [0.05, 0.1) is 0 Å². The van der Waals surface area contributed by atoms with Crippen LogP contribution in [0, 0.1) is 5.41 Å².